The third-order valence-corrected chi connectivity index (χ3v) is 3.39. The van der Waals surface area contributed by atoms with Gasteiger partial charge < -0.3 is 10.6 Å². The molecule has 0 aliphatic rings. The number of anilines is 1. The summed E-state index contributed by atoms with van der Waals surface area (Å²) in [6.07, 6.45) is 4.35. The topological polar surface area (TPSA) is 29.3 Å². The first kappa shape index (κ1) is 16.0. The lowest BCUT2D eigenvalue weighted by Gasteiger charge is -2.31. The number of unbranched alkanes of at least 4 members (excludes halogenated alkanes) is 2. The van der Waals surface area contributed by atoms with Crippen LogP contribution in [0.5, 0.6) is 0 Å². The summed E-state index contributed by atoms with van der Waals surface area (Å²) in [5.74, 6) is -0.176. The van der Waals surface area contributed by atoms with E-state index in [-0.39, 0.29) is 5.82 Å². The predicted octanol–water partition coefficient (Wildman–Crippen LogP) is 3.73. The first-order valence-electron chi connectivity index (χ1n) is 7.35. The summed E-state index contributed by atoms with van der Waals surface area (Å²) in [5, 5.41) is 0. The molecule has 0 heterocycles. The average molecular weight is 266 g/mol. The molecule has 0 fully saturated rings. The summed E-state index contributed by atoms with van der Waals surface area (Å²) in [5.41, 5.74) is 7.79. The molecule has 0 aromatic heterocycles. The summed E-state index contributed by atoms with van der Waals surface area (Å²) in [7, 11) is 0. The van der Waals surface area contributed by atoms with Crippen LogP contribution in [-0.2, 0) is 6.42 Å². The van der Waals surface area contributed by atoms with Gasteiger partial charge in [-0.25, -0.2) is 4.39 Å². The molecule has 0 amide bonds. The molecule has 0 spiro atoms. The maximum atomic E-state index is 13.4. The number of hydrogen-bond donors (Lipinski definition) is 1. The quantitative estimate of drug-likeness (QED) is 0.726. The number of benzene rings is 1. The number of halogens is 1. The predicted molar refractivity (Wildman–Crippen MR) is 81.2 cm³/mol. The fourth-order valence-electron chi connectivity index (χ4n) is 2.38. The molecule has 0 aliphatic carbocycles. The summed E-state index contributed by atoms with van der Waals surface area (Å²) >= 11 is 0. The van der Waals surface area contributed by atoms with Gasteiger partial charge in [-0.15, -0.1) is 0 Å². The highest BCUT2D eigenvalue weighted by atomic mass is 19.1. The van der Waals surface area contributed by atoms with E-state index >= 15 is 0 Å². The molecule has 3 heteroatoms. The van der Waals surface area contributed by atoms with Crippen molar-refractivity contribution in [3.63, 3.8) is 0 Å². The molecule has 0 atom stereocenters. The summed E-state index contributed by atoms with van der Waals surface area (Å²) in [6, 6.07) is 5.48. The monoisotopic (exact) mass is 266 g/mol. The maximum absolute atomic E-state index is 13.4. The Morgan fingerprint density at radius 3 is 2.58 bits per heavy atom. The van der Waals surface area contributed by atoms with Crippen molar-refractivity contribution in [2.45, 2.75) is 52.5 Å². The lowest BCUT2D eigenvalue weighted by atomic mass is 10.1. The summed E-state index contributed by atoms with van der Waals surface area (Å²) in [4.78, 5) is 2.36. The number of hydrogen-bond acceptors (Lipinski definition) is 2. The molecule has 1 rings (SSSR count). The molecular formula is C16H27FN2. The van der Waals surface area contributed by atoms with E-state index in [0.29, 0.717) is 12.6 Å². The van der Waals surface area contributed by atoms with Gasteiger partial charge in [-0.1, -0.05) is 19.8 Å². The first-order valence-corrected chi connectivity index (χ1v) is 7.35. The van der Waals surface area contributed by atoms with Crippen LogP contribution in [0, 0.1) is 5.82 Å². The fourth-order valence-corrected chi connectivity index (χ4v) is 2.38. The Labute approximate surface area is 116 Å². The van der Waals surface area contributed by atoms with E-state index in [1.165, 1.54) is 19.3 Å². The molecule has 0 unspecified atom stereocenters. The normalized spacial score (nSPS) is 11.1. The van der Waals surface area contributed by atoms with Gasteiger partial charge >= 0.3 is 0 Å². The first-order chi connectivity index (χ1) is 9.10. The van der Waals surface area contributed by atoms with Crippen LogP contribution < -0.4 is 10.6 Å². The number of nitrogens with zero attached hydrogens (tertiary/aromatic N) is 1. The molecule has 19 heavy (non-hydrogen) atoms. The average Bonchev–Trinajstić information content (AvgIpc) is 2.36. The van der Waals surface area contributed by atoms with Gasteiger partial charge in [0.05, 0.1) is 0 Å². The SMILES string of the molecule is CCCCCN(c1ccc(F)cc1CCN)C(C)C. The van der Waals surface area contributed by atoms with E-state index in [1.54, 1.807) is 12.1 Å². The Balaban J connectivity index is 2.93. The second-order valence-electron chi connectivity index (χ2n) is 5.31. The zero-order valence-corrected chi connectivity index (χ0v) is 12.5. The van der Waals surface area contributed by atoms with Gasteiger partial charge in [-0.3, -0.25) is 0 Å². The second kappa shape index (κ2) is 8.16. The Morgan fingerprint density at radius 2 is 2.00 bits per heavy atom. The van der Waals surface area contributed by atoms with Crippen LogP contribution in [-0.4, -0.2) is 19.1 Å². The molecule has 1 aromatic carbocycles. The van der Waals surface area contributed by atoms with Gasteiger partial charge in [0.2, 0.25) is 0 Å². The molecule has 0 aliphatic heterocycles. The van der Waals surface area contributed by atoms with E-state index in [4.69, 9.17) is 5.73 Å². The lowest BCUT2D eigenvalue weighted by Crippen LogP contribution is -2.32. The van der Waals surface area contributed by atoms with Crippen molar-refractivity contribution in [3.05, 3.63) is 29.6 Å². The molecular weight excluding hydrogens is 239 g/mol. The second-order valence-corrected chi connectivity index (χ2v) is 5.31. The lowest BCUT2D eigenvalue weighted by molar-refractivity contribution is 0.612. The van der Waals surface area contributed by atoms with Crippen LogP contribution in [0.25, 0.3) is 0 Å². The Kier molecular flexibility index (Phi) is 6.85. The van der Waals surface area contributed by atoms with Crippen LogP contribution >= 0.6 is 0 Å². The van der Waals surface area contributed by atoms with Crippen LogP contribution in [0.15, 0.2) is 18.2 Å². The van der Waals surface area contributed by atoms with Crippen molar-refractivity contribution in [1.82, 2.24) is 0 Å². The maximum Gasteiger partial charge on any atom is 0.123 e. The molecule has 108 valence electrons. The van der Waals surface area contributed by atoms with Crippen molar-refractivity contribution < 1.29 is 4.39 Å². The van der Waals surface area contributed by atoms with Crippen molar-refractivity contribution in [2.75, 3.05) is 18.0 Å². The minimum Gasteiger partial charge on any atom is -0.369 e. The van der Waals surface area contributed by atoms with Gasteiger partial charge in [0.15, 0.2) is 0 Å². The summed E-state index contributed by atoms with van der Waals surface area (Å²) in [6.45, 7) is 8.15. The minimum absolute atomic E-state index is 0.176. The van der Waals surface area contributed by atoms with E-state index in [9.17, 15) is 4.39 Å². The van der Waals surface area contributed by atoms with Gasteiger partial charge in [0.25, 0.3) is 0 Å². The molecule has 0 saturated heterocycles. The van der Waals surface area contributed by atoms with E-state index in [1.807, 2.05) is 6.07 Å². The van der Waals surface area contributed by atoms with E-state index in [0.717, 1.165) is 24.2 Å². The van der Waals surface area contributed by atoms with Crippen LogP contribution in [0.1, 0.15) is 45.6 Å². The molecule has 2 nitrogen and oxygen atoms in total. The smallest absolute Gasteiger partial charge is 0.123 e. The van der Waals surface area contributed by atoms with Crippen LogP contribution in [0.2, 0.25) is 0 Å². The Morgan fingerprint density at radius 1 is 1.26 bits per heavy atom. The van der Waals surface area contributed by atoms with Crippen LogP contribution in [0.3, 0.4) is 0 Å². The largest absolute Gasteiger partial charge is 0.369 e. The van der Waals surface area contributed by atoms with Crippen LogP contribution in [0.4, 0.5) is 10.1 Å². The number of nitrogens with two attached hydrogens (primary N) is 1. The van der Waals surface area contributed by atoms with E-state index in [2.05, 4.69) is 25.7 Å². The molecule has 2 N–H and O–H groups in total. The van der Waals surface area contributed by atoms with Crippen molar-refractivity contribution in [3.8, 4) is 0 Å². The van der Waals surface area contributed by atoms with Gasteiger partial charge in [-0.05, 0) is 57.0 Å². The third-order valence-electron chi connectivity index (χ3n) is 3.39. The molecule has 0 saturated carbocycles. The fraction of sp³-hybridized carbons (Fsp3) is 0.625. The van der Waals surface area contributed by atoms with Crippen molar-refractivity contribution in [1.29, 1.82) is 0 Å². The molecule has 1 aromatic rings. The van der Waals surface area contributed by atoms with Crippen molar-refractivity contribution in [2.24, 2.45) is 5.73 Å². The van der Waals surface area contributed by atoms with Gasteiger partial charge in [0.1, 0.15) is 5.82 Å². The highest BCUT2D eigenvalue weighted by Gasteiger charge is 2.14. The third kappa shape index (κ3) is 4.83. The minimum atomic E-state index is -0.176. The number of rotatable bonds is 8. The highest BCUT2D eigenvalue weighted by molar-refractivity contribution is 5.54. The summed E-state index contributed by atoms with van der Waals surface area (Å²) < 4.78 is 13.4. The standard InChI is InChI=1S/C16H27FN2/c1-4-5-6-11-19(13(2)3)16-8-7-15(17)12-14(16)9-10-18/h7-8,12-13H,4-6,9-11,18H2,1-3H3. The zero-order chi connectivity index (χ0) is 14.3. The van der Waals surface area contributed by atoms with E-state index < -0.39 is 0 Å². The molecule has 0 radical (unpaired) electrons. The Bertz CT molecular complexity index is 377. The van der Waals surface area contributed by atoms with Gasteiger partial charge in [0, 0.05) is 18.3 Å². The zero-order valence-electron chi connectivity index (χ0n) is 12.5. The molecule has 0 bridgehead atoms. The van der Waals surface area contributed by atoms with Crippen molar-refractivity contribution >= 4 is 5.69 Å². The Hall–Kier alpha value is -1.09. The van der Waals surface area contributed by atoms with Gasteiger partial charge in [-0.2, -0.15) is 0 Å². The highest BCUT2D eigenvalue weighted by Crippen LogP contribution is 2.24.